The van der Waals surface area contributed by atoms with E-state index in [-0.39, 0.29) is 17.4 Å². The van der Waals surface area contributed by atoms with E-state index in [0.29, 0.717) is 0 Å². The maximum Gasteiger partial charge on any atom is 0.187 e. The summed E-state index contributed by atoms with van der Waals surface area (Å²) in [4.78, 5) is 0.848. The summed E-state index contributed by atoms with van der Waals surface area (Å²) in [5.74, 6) is 0. The maximum absolute atomic E-state index is 3.59. The zero-order valence-electron chi connectivity index (χ0n) is 4.49. The van der Waals surface area contributed by atoms with Crippen LogP contribution in [0.2, 0.25) is 0 Å². The predicted molar refractivity (Wildman–Crippen MR) is 45.7 cm³/mol. The second-order valence-corrected chi connectivity index (χ2v) is 3.53. The van der Waals surface area contributed by atoms with E-state index in [2.05, 4.69) is 15.9 Å². The van der Waals surface area contributed by atoms with E-state index in [9.17, 15) is 0 Å². The molecule has 1 fully saturated rings. The molecule has 1 rings (SSSR count). The Balaban J connectivity index is 0.000000490. The van der Waals surface area contributed by atoms with Gasteiger partial charge in [-0.25, -0.2) is 0 Å². The minimum atomic E-state index is 0. The lowest BCUT2D eigenvalue weighted by atomic mass is 10.0. The molecule has 0 aromatic carbocycles. The van der Waals surface area contributed by atoms with Crippen LogP contribution in [-0.2, 0) is 0 Å². The van der Waals surface area contributed by atoms with Gasteiger partial charge in [-0.3, -0.25) is 0 Å². The van der Waals surface area contributed by atoms with Crippen molar-refractivity contribution in [2.45, 2.75) is 36.9 Å². The minimum Gasteiger partial charge on any atom is -0.0891 e. The summed E-state index contributed by atoms with van der Waals surface area (Å²) in [7, 11) is 0. The average molecular weight is 193 g/mol. The van der Waals surface area contributed by atoms with Crippen molar-refractivity contribution in [1.29, 1.82) is 0 Å². The van der Waals surface area contributed by atoms with Gasteiger partial charge in [-0.1, -0.05) is 35.2 Å². The molecule has 1 aliphatic rings. The van der Waals surface area contributed by atoms with Crippen molar-refractivity contribution >= 4 is 33.3 Å². The third-order valence-corrected chi connectivity index (χ3v) is 2.45. The van der Waals surface area contributed by atoms with Crippen LogP contribution in [0.15, 0.2) is 0 Å². The fourth-order valence-corrected chi connectivity index (χ4v) is 1.70. The molecule has 0 aromatic rings. The van der Waals surface area contributed by atoms with Crippen LogP contribution in [0.1, 0.15) is 32.1 Å². The Morgan fingerprint density at radius 3 is 1.75 bits per heavy atom. The summed E-state index contributed by atoms with van der Waals surface area (Å²) in [6.07, 6.45) is 7.15. The second kappa shape index (κ2) is 4.85. The first-order chi connectivity index (χ1) is 3.39. The van der Waals surface area contributed by atoms with Gasteiger partial charge in [-0.2, -0.15) is 0 Å². The van der Waals surface area contributed by atoms with Crippen LogP contribution in [0.25, 0.3) is 0 Å². The topological polar surface area (TPSA) is 0 Å². The van der Waals surface area contributed by atoms with E-state index >= 15 is 0 Å². The number of alkyl halides is 1. The molecule has 0 aliphatic heterocycles. The van der Waals surface area contributed by atoms with Gasteiger partial charge in [0.25, 0.3) is 0 Å². The third-order valence-electron chi connectivity index (χ3n) is 1.53. The quantitative estimate of drug-likeness (QED) is 0.404. The number of rotatable bonds is 0. The minimum absolute atomic E-state index is 0. The highest BCUT2D eigenvalue weighted by Crippen LogP contribution is 2.22. The van der Waals surface area contributed by atoms with Crippen LogP contribution in [0.4, 0.5) is 0 Å². The van der Waals surface area contributed by atoms with Gasteiger partial charge in [0.15, 0.2) is 17.4 Å². The van der Waals surface area contributed by atoms with E-state index in [1.54, 1.807) is 0 Å². The standard InChI is InChI=1S/C6H11Br.Al.3H/c7-6-4-2-1-3-5-6;;;;/h6H,1-5H2;;;;. The van der Waals surface area contributed by atoms with E-state index in [1.165, 1.54) is 32.1 Å². The van der Waals surface area contributed by atoms with Gasteiger partial charge < -0.3 is 0 Å². The Hall–Kier alpha value is 1.01. The molecule has 8 heavy (non-hydrogen) atoms. The van der Waals surface area contributed by atoms with Crippen molar-refractivity contribution in [2.24, 2.45) is 0 Å². The van der Waals surface area contributed by atoms with E-state index in [0.717, 1.165) is 4.83 Å². The Morgan fingerprint density at radius 2 is 1.50 bits per heavy atom. The molecule has 1 saturated carbocycles. The molecule has 0 bridgehead atoms. The van der Waals surface area contributed by atoms with Gasteiger partial charge in [0, 0.05) is 4.83 Å². The van der Waals surface area contributed by atoms with Gasteiger partial charge >= 0.3 is 0 Å². The first-order valence-corrected chi connectivity index (χ1v) is 3.95. The molecule has 0 aromatic heterocycles. The van der Waals surface area contributed by atoms with Crippen molar-refractivity contribution in [1.82, 2.24) is 0 Å². The highest BCUT2D eigenvalue weighted by molar-refractivity contribution is 9.09. The van der Waals surface area contributed by atoms with E-state index in [1.807, 2.05) is 0 Å². The van der Waals surface area contributed by atoms with Gasteiger partial charge in [-0.15, -0.1) is 0 Å². The SMILES string of the molecule is BrC1CCCCC1.[AlH3]. The van der Waals surface area contributed by atoms with E-state index in [4.69, 9.17) is 0 Å². The molecule has 0 spiro atoms. The summed E-state index contributed by atoms with van der Waals surface area (Å²) in [6, 6.07) is 0. The average Bonchev–Trinajstić information content (AvgIpc) is 1.69. The first-order valence-electron chi connectivity index (χ1n) is 3.03. The van der Waals surface area contributed by atoms with Gasteiger partial charge in [0.05, 0.1) is 0 Å². The molecule has 0 nitrogen and oxygen atoms in total. The Labute approximate surface area is 70.3 Å². The maximum atomic E-state index is 3.59. The predicted octanol–water partition coefficient (Wildman–Crippen LogP) is 1.53. The van der Waals surface area contributed by atoms with Gasteiger partial charge in [0.1, 0.15) is 0 Å². The summed E-state index contributed by atoms with van der Waals surface area (Å²) in [6.45, 7) is 0. The second-order valence-electron chi connectivity index (χ2n) is 2.24. The fourth-order valence-electron chi connectivity index (χ4n) is 1.05. The lowest BCUT2D eigenvalue weighted by Crippen LogP contribution is -2.02. The molecule has 0 atom stereocenters. The normalized spacial score (nSPS) is 22.1. The van der Waals surface area contributed by atoms with Crippen molar-refractivity contribution in [3.8, 4) is 0 Å². The molecule has 48 valence electrons. The smallest absolute Gasteiger partial charge is 0.0891 e. The van der Waals surface area contributed by atoms with Crippen molar-refractivity contribution < 1.29 is 0 Å². The van der Waals surface area contributed by atoms with Crippen LogP contribution < -0.4 is 0 Å². The summed E-state index contributed by atoms with van der Waals surface area (Å²) < 4.78 is 0. The van der Waals surface area contributed by atoms with Gasteiger partial charge in [-0.05, 0) is 12.8 Å². The van der Waals surface area contributed by atoms with Crippen LogP contribution in [0, 0.1) is 0 Å². The highest BCUT2D eigenvalue weighted by atomic mass is 79.9. The zero-order chi connectivity index (χ0) is 5.11. The van der Waals surface area contributed by atoms with Crippen LogP contribution in [0.3, 0.4) is 0 Å². The lowest BCUT2D eigenvalue weighted by Gasteiger charge is -2.13. The number of hydrogen-bond donors (Lipinski definition) is 0. The zero-order valence-corrected chi connectivity index (χ0v) is 6.08. The molecule has 0 unspecified atom stereocenters. The molecule has 0 heterocycles. The largest absolute Gasteiger partial charge is 0.187 e. The molecular formula is C6H14AlBr. The fraction of sp³-hybridized carbons (Fsp3) is 1.00. The first kappa shape index (κ1) is 9.01. The summed E-state index contributed by atoms with van der Waals surface area (Å²) in [5.41, 5.74) is 0. The van der Waals surface area contributed by atoms with Crippen molar-refractivity contribution in [3.05, 3.63) is 0 Å². The van der Waals surface area contributed by atoms with Gasteiger partial charge in [0.2, 0.25) is 0 Å². The third kappa shape index (κ3) is 3.12. The molecule has 0 radical (unpaired) electrons. The monoisotopic (exact) mass is 192 g/mol. The molecule has 0 saturated heterocycles. The Morgan fingerprint density at radius 1 is 1.00 bits per heavy atom. The van der Waals surface area contributed by atoms with Crippen molar-refractivity contribution in [2.75, 3.05) is 0 Å². The molecule has 2 heteroatoms. The van der Waals surface area contributed by atoms with Crippen molar-refractivity contribution in [3.63, 3.8) is 0 Å². The number of halogens is 1. The summed E-state index contributed by atoms with van der Waals surface area (Å²) >= 11 is 3.59. The number of hydrogen-bond acceptors (Lipinski definition) is 0. The Bertz CT molecular complexity index is 50.5. The molecule has 0 amide bonds. The van der Waals surface area contributed by atoms with E-state index < -0.39 is 0 Å². The molecular weight excluding hydrogens is 179 g/mol. The van der Waals surface area contributed by atoms with Crippen LogP contribution in [0.5, 0.6) is 0 Å². The molecule has 0 N–H and O–H groups in total. The lowest BCUT2D eigenvalue weighted by molar-refractivity contribution is 0.521. The summed E-state index contributed by atoms with van der Waals surface area (Å²) in [5, 5.41) is 0. The highest BCUT2D eigenvalue weighted by Gasteiger charge is 2.07. The Kier molecular flexibility index (Phi) is 5.46. The van der Waals surface area contributed by atoms with Crippen LogP contribution >= 0.6 is 15.9 Å². The molecule has 1 aliphatic carbocycles. The van der Waals surface area contributed by atoms with Crippen LogP contribution in [-0.4, -0.2) is 22.2 Å².